The average molecular weight is 561 g/mol. The zero-order valence-electron chi connectivity index (χ0n) is 14.4. The molecule has 0 bridgehead atoms. The van der Waals surface area contributed by atoms with E-state index in [1.54, 1.807) is 0 Å². The first kappa shape index (κ1) is 33.2. The Balaban J connectivity index is 0. The monoisotopic (exact) mass is 561 g/mol. The van der Waals surface area contributed by atoms with Gasteiger partial charge in [0.1, 0.15) is 0 Å². The van der Waals surface area contributed by atoms with Crippen LogP contribution in [-0.4, -0.2) is 61.9 Å². The van der Waals surface area contributed by atoms with Gasteiger partial charge in [0, 0.05) is 6.54 Å². The number of sulfonamides is 1. The maximum atomic E-state index is 13.4. The molecule has 0 aromatic carbocycles. The molecule has 22 heteroatoms. The molecule has 0 rings (SSSR count). The van der Waals surface area contributed by atoms with Crippen molar-refractivity contribution in [1.29, 1.82) is 0 Å². The van der Waals surface area contributed by atoms with Gasteiger partial charge in [-0.15, -0.1) is 0 Å². The Labute approximate surface area is 172 Å². The second-order valence-corrected chi connectivity index (χ2v) is 7.27. The molecule has 196 valence electrons. The molecule has 0 saturated carbocycles. The summed E-state index contributed by atoms with van der Waals surface area (Å²) in [5.41, 5.74) is 0. The highest BCUT2D eigenvalue weighted by Crippen LogP contribution is 2.64. The summed E-state index contributed by atoms with van der Waals surface area (Å²) in [5.74, 6) is -51.4. The van der Waals surface area contributed by atoms with E-state index >= 15 is 0 Å². The van der Waals surface area contributed by atoms with Gasteiger partial charge in [-0.25, -0.2) is 13.1 Å². The fraction of sp³-hybridized carbons (Fsp3) is 1.00. The number of hydrogen-bond donors (Lipinski definition) is 1. The quantitative estimate of drug-likeness (QED) is 0.403. The van der Waals surface area contributed by atoms with Gasteiger partial charge in [-0.05, 0) is 0 Å². The lowest BCUT2D eigenvalue weighted by molar-refractivity contribution is -0.458. The standard InChI is InChI=1S/C10H6F17NO2S.H2S/c1-2-28-31(29,30)10(26,27)8(21,22)6(17,18)4(13,14)3(11,12)5(15,16)7(19,20)9(23,24)25;/h28H,2H2,1H3;1H2. The highest BCUT2D eigenvalue weighted by Gasteiger charge is 2.96. The molecule has 0 aromatic rings. The molecule has 0 heterocycles. The molecule has 0 amide bonds. The molecule has 0 unspecified atom stereocenters. The van der Waals surface area contributed by atoms with Crippen molar-refractivity contribution in [3.8, 4) is 0 Å². The maximum absolute atomic E-state index is 13.4. The van der Waals surface area contributed by atoms with Crippen molar-refractivity contribution in [2.24, 2.45) is 0 Å². The number of nitrogens with one attached hydrogen (secondary N) is 1. The van der Waals surface area contributed by atoms with Crippen LogP contribution in [0.2, 0.25) is 0 Å². The van der Waals surface area contributed by atoms with Crippen molar-refractivity contribution in [3.05, 3.63) is 0 Å². The van der Waals surface area contributed by atoms with Crippen molar-refractivity contribution in [2.45, 2.75) is 53.9 Å². The molecule has 0 aliphatic heterocycles. The first-order valence-corrected chi connectivity index (χ1v) is 8.25. The third-order valence-electron chi connectivity index (χ3n) is 3.37. The molecule has 0 radical (unpaired) electrons. The fourth-order valence-corrected chi connectivity index (χ4v) is 2.63. The van der Waals surface area contributed by atoms with Crippen LogP contribution in [0.5, 0.6) is 0 Å². The van der Waals surface area contributed by atoms with Crippen LogP contribution in [0.4, 0.5) is 74.6 Å². The molecule has 32 heavy (non-hydrogen) atoms. The molecular weight excluding hydrogens is 553 g/mol. The molecule has 0 aromatic heterocycles. The van der Waals surface area contributed by atoms with E-state index in [1.165, 1.54) is 0 Å². The van der Waals surface area contributed by atoms with Gasteiger partial charge in [0.15, 0.2) is 0 Å². The third-order valence-corrected chi connectivity index (χ3v) is 4.97. The highest BCUT2D eigenvalue weighted by atomic mass is 32.2. The van der Waals surface area contributed by atoms with Gasteiger partial charge in [0.2, 0.25) is 0 Å². The van der Waals surface area contributed by atoms with E-state index in [9.17, 15) is 83.1 Å². The topological polar surface area (TPSA) is 46.2 Å². The summed E-state index contributed by atoms with van der Waals surface area (Å²) in [6, 6.07) is 0. The van der Waals surface area contributed by atoms with E-state index in [2.05, 4.69) is 0 Å². The second-order valence-electron chi connectivity index (χ2n) is 5.46. The van der Waals surface area contributed by atoms with Crippen LogP contribution in [0, 0.1) is 0 Å². The Hall–Kier alpha value is -0.930. The van der Waals surface area contributed by atoms with E-state index in [1.807, 2.05) is 0 Å². The average Bonchev–Trinajstić information content (AvgIpc) is 2.52. The summed E-state index contributed by atoms with van der Waals surface area (Å²) in [7, 11) is -7.15. The van der Waals surface area contributed by atoms with Gasteiger partial charge in [0.25, 0.3) is 10.0 Å². The number of rotatable bonds is 9. The van der Waals surface area contributed by atoms with Crippen LogP contribution in [0.3, 0.4) is 0 Å². The Bertz CT molecular complexity index is 773. The lowest BCUT2D eigenvalue weighted by atomic mass is 9.91. The van der Waals surface area contributed by atoms with Crippen LogP contribution in [0.25, 0.3) is 0 Å². The Morgan fingerprint density at radius 3 is 1.03 bits per heavy atom. The number of hydrogen-bond acceptors (Lipinski definition) is 2. The molecule has 0 aliphatic rings. The maximum Gasteiger partial charge on any atom is 0.460 e. The van der Waals surface area contributed by atoms with Crippen molar-refractivity contribution in [1.82, 2.24) is 4.72 Å². The van der Waals surface area contributed by atoms with Gasteiger partial charge < -0.3 is 0 Å². The van der Waals surface area contributed by atoms with Crippen LogP contribution in [0.1, 0.15) is 6.92 Å². The molecule has 0 atom stereocenters. The largest absolute Gasteiger partial charge is 0.460 e. The SMILES string of the molecule is CCNS(=O)(=O)C(F)(F)C(F)(F)C(F)(F)C(F)(F)C(F)(F)C(F)(F)C(F)(F)C(F)(F)F.S. The highest BCUT2D eigenvalue weighted by molar-refractivity contribution is 7.90. The zero-order chi connectivity index (χ0) is 25.9. The fourth-order valence-electron chi connectivity index (χ4n) is 1.60. The molecule has 3 nitrogen and oxygen atoms in total. The van der Waals surface area contributed by atoms with E-state index < -0.39 is 63.5 Å². The number of alkyl halides is 17. The van der Waals surface area contributed by atoms with Gasteiger partial charge in [-0.3, -0.25) is 0 Å². The Morgan fingerprint density at radius 1 is 0.531 bits per heavy atom. The van der Waals surface area contributed by atoms with Crippen molar-refractivity contribution < 1.29 is 83.1 Å². The lowest BCUT2D eigenvalue weighted by Gasteiger charge is -2.42. The minimum Gasteiger partial charge on any atom is -0.210 e. The predicted octanol–water partition coefficient (Wildman–Crippen LogP) is 5.01. The first-order valence-electron chi connectivity index (χ1n) is 6.76. The smallest absolute Gasteiger partial charge is 0.210 e. The van der Waals surface area contributed by atoms with Gasteiger partial charge in [-0.1, -0.05) is 6.92 Å². The van der Waals surface area contributed by atoms with Gasteiger partial charge in [0.05, 0.1) is 0 Å². The van der Waals surface area contributed by atoms with E-state index in [4.69, 9.17) is 0 Å². The van der Waals surface area contributed by atoms with Crippen molar-refractivity contribution in [2.75, 3.05) is 6.54 Å². The summed E-state index contributed by atoms with van der Waals surface area (Å²) < 4.78 is 242. The molecular formula is C10H8F17NO2S2. The minimum absolute atomic E-state index is 0. The molecule has 0 spiro atoms. The first-order chi connectivity index (χ1) is 13.1. The van der Waals surface area contributed by atoms with Crippen molar-refractivity contribution >= 4 is 23.5 Å². The molecule has 0 saturated heterocycles. The minimum atomic E-state index is -8.81. The van der Waals surface area contributed by atoms with E-state index in [0.29, 0.717) is 11.6 Å². The normalized spacial score (nSPS) is 16.1. The molecule has 1 N–H and O–H groups in total. The Kier molecular flexibility index (Phi) is 8.70. The van der Waals surface area contributed by atoms with E-state index in [0.717, 1.165) is 0 Å². The predicted molar refractivity (Wildman–Crippen MR) is 73.7 cm³/mol. The van der Waals surface area contributed by atoms with Crippen LogP contribution in [0.15, 0.2) is 0 Å². The van der Waals surface area contributed by atoms with Gasteiger partial charge >= 0.3 is 47.0 Å². The summed E-state index contributed by atoms with van der Waals surface area (Å²) in [6.45, 7) is -0.811. The van der Waals surface area contributed by atoms with Crippen molar-refractivity contribution in [3.63, 3.8) is 0 Å². The molecule has 0 aliphatic carbocycles. The number of halogens is 17. The van der Waals surface area contributed by atoms with Crippen LogP contribution in [-0.2, 0) is 10.0 Å². The summed E-state index contributed by atoms with van der Waals surface area (Å²) in [6.07, 6.45) is -7.86. The van der Waals surface area contributed by atoms with E-state index in [-0.39, 0.29) is 13.5 Å². The van der Waals surface area contributed by atoms with Gasteiger partial charge in [-0.2, -0.15) is 88.1 Å². The molecule has 0 fully saturated rings. The Morgan fingerprint density at radius 2 is 0.781 bits per heavy atom. The second kappa shape index (κ2) is 8.38. The summed E-state index contributed by atoms with van der Waals surface area (Å²) >= 11 is 0. The van der Waals surface area contributed by atoms with Crippen LogP contribution < -0.4 is 4.72 Å². The third kappa shape index (κ3) is 4.06. The summed E-state index contributed by atoms with van der Waals surface area (Å²) in [5, 5.41) is -7.50. The van der Waals surface area contributed by atoms with Crippen LogP contribution >= 0.6 is 13.5 Å². The lowest BCUT2D eigenvalue weighted by Crippen LogP contribution is -2.75. The zero-order valence-corrected chi connectivity index (χ0v) is 16.2. The summed E-state index contributed by atoms with van der Waals surface area (Å²) in [4.78, 5) is 0.